The maximum Gasteiger partial charge on any atom is 0.137 e. The van der Waals surface area contributed by atoms with Gasteiger partial charge in [-0.2, -0.15) is 0 Å². The van der Waals surface area contributed by atoms with E-state index in [4.69, 9.17) is 4.74 Å². The SMILES string of the molecule is OC1CCCc2c(OCc3cccc(F)c3Br)cccc21. The van der Waals surface area contributed by atoms with E-state index in [0.717, 1.165) is 41.7 Å². The van der Waals surface area contributed by atoms with Gasteiger partial charge in [0.25, 0.3) is 0 Å². The molecule has 2 aromatic carbocycles. The Bertz CT molecular complexity index is 657. The Kier molecular flexibility index (Phi) is 4.27. The highest BCUT2D eigenvalue weighted by Gasteiger charge is 2.21. The third kappa shape index (κ3) is 2.97. The molecule has 0 aromatic heterocycles. The van der Waals surface area contributed by atoms with Crippen molar-refractivity contribution in [3.05, 3.63) is 63.4 Å². The zero-order valence-corrected chi connectivity index (χ0v) is 13.1. The summed E-state index contributed by atoms with van der Waals surface area (Å²) in [7, 11) is 0. The molecule has 0 bridgehead atoms. The van der Waals surface area contributed by atoms with Gasteiger partial charge in [0.1, 0.15) is 18.2 Å². The summed E-state index contributed by atoms with van der Waals surface area (Å²) in [5, 5.41) is 10.0. The Morgan fingerprint density at radius 3 is 2.90 bits per heavy atom. The average molecular weight is 351 g/mol. The van der Waals surface area contributed by atoms with Gasteiger partial charge in [-0.05, 0) is 58.5 Å². The first-order valence-electron chi connectivity index (χ1n) is 7.02. The fraction of sp³-hybridized carbons (Fsp3) is 0.294. The van der Waals surface area contributed by atoms with E-state index in [9.17, 15) is 9.50 Å². The number of aliphatic hydroxyl groups excluding tert-OH is 1. The normalized spacial score (nSPS) is 17.4. The molecular weight excluding hydrogens is 335 g/mol. The quantitative estimate of drug-likeness (QED) is 0.880. The molecule has 0 heterocycles. The second kappa shape index (κ2) is 6.16. The minimum absolute atomic E-state index is 0.290. The van der Waals surface area contributed by atoms with Crippen LogP contribution in [0.2, 0.25) is 0 Å². The largest absolute Gasteiger partial charge is 0.489 e. The molecule has 3 rings (SSSR count). The van der Waals surface area contributed by atoms with Crippen LogP contribution >= 0.6 is 15.9 Å². The number of halogens is 2. The second-order valence-electron chi connectivity index (χ2n) is 5.23. The van der Waals surface area contributed by atoms with E-state index in [0.29, 0.717) is 11.1 Å². The molecule has 1 atom stereocenters. The van der Waals surface area contributed by atoms with Gasteiger partial charge in [0.05, 0.1) is 10.6 Å². The van der Waals surface area contributed by atoms with Crippen molar-refractivity contribution < 1.29 is 14.2 Å². The number of hydrogen-bond acceptors (Lipinski definition) is 2. The Morgan fingerprint density at radius 1 is 1.24 bits per heavy atom. The molecule has 21 heavy (non-hydrogen) atoms. The molecule has 1 aliphatic carbocycles. The van der Waals surface area contributed by atoms with Crippen LogP contribution in [0.1, 0.15) is 35.6 Å². The Balaban J connectivity index is 1.83. The smallest absolute Gasteiger partial charge is 0.137 e. The summed E-state index contributed by atoms with van der Waals surface area (Å²) in [5.74, 6) is 0.490. The lowest BCUT2D eigenvalue weighted by molar-refractivity contribution is 0.155. The van der Waals surface area contributed by atoms with Gasteiger partial charge in [0.15, 0.2) is 0 Å². The number of aliphatic hydroxyl groups is 1. The van der Waals surface area contributed by atoms with Crippen LogP contribution in [0.4, 0.5) is 4.39 Å². The summed E-state index contributed by atoms with van der Waals surface area (Å²) in [4.78, 5) is 0. The average Bonchev–Trinajstić information content (AvgIpc) is 2.49. The molecule has 1 N–H and O–H groups in total. The first kappa shape index (κ1) is 14.5. The number of ether oxygens (including phenoxy) is 1. The molecule has 0 amide bonds. The summed E-state index contributed by atoms with van der Waals surface area (Å²) in [5.41, 5.74) is 2.80. The van der Waals surface area contributed by atoms with Crippen molar-refractivity contribution in [1.82, 2.24) is 0 Å². The van der Waals surface area contributed by atoms with E-state index in [-0.39, 0.29) is 5.82 Å². The van der Waals surface area contributed by atoms with Crippen molar-refractivity contribution in [2.45, 2.75) is 32.0 Å². The van der Waals surface area contributed by atoms with Crippen molar-refractivity contribution in [2.75, 3.05) is 0 Å². The van der Waals surface area contributed by atoms with Gasteiger partial charge < -0.3 is 9.84 Å². The minimum atomic E-state index is -0.404. The molecule has 0 saturated heterocycles. The third-order valence-electron chi connectivity index (χ3n) is 3.85. The molecule has 0 saturated carbocycles. The van der Waals surface area contributed by atoms with E-state index in [2.05, 4.69) is 15.9 Å². The van der Waals surface area contributed by atoms with Crippen molar-refractivity contribution in [3.8, 4) is 5.75 Å². The maximum absolute atomic E-state index is 13.5. The molecule has 1 aliphatic rings. The predicted molar refractivity (Wildman–Crippen MR) is 82.8 cm³/mol. The fourth-order valence-corrected chi connectivity index (χ4v) is 3.12. The van der Waals surface area contributed by atoms with Gasteiger partial charge in [-0.15, -0.1) is 0 Å². The number of rotatable bonds is 3. The molecule has 0 fully saturated rings. The summed E-state index contributed by atoms with van der Waals surface area (Å²) in [6.07, 6.45) is 2.26. The molecular formula is C17H16BrFO2. The van der Waals surface area contributed by atoms with Crippen molar-refractivity contribution in [3.63, 3.8) is 0 Å². The molecule has 0 aliphatic heterocycles. The third-order valence-corrected chi connectivity index (χ3v) is 4.74. The standard InChI is InChI=1S/C17H16BrFO2/c18-17-11(4-1-7-14(17)19)10-21-16-9-3-5-12-13(16)6-2-8-15(12)20/h1,3-5,7,9,15,20H,2,6,8,10H2. The predicted octanol–water partition coefficient (Wildman–Crippen LogP) is 4.54. The van der Waals surface area contributed by atoms with E-state index < -0.39 is 6.10 Å². The van der Waals surface area contributed by atoms with Gasteiger partial charge in [-0.3, -0.25) is 0 Å². The summed E-state index contributed by atoms with van der Waals surface area (Å²) in [6, 6.07) is 10.7. The van der Waals surface area contributed by atoms with Gasteiger partial charge in [0.2, 0.25) is 0 Å². The van der Waals surface area contributed by atoms with Crippen LogP contribution in [-0.4, -0.2) is 5.11 Å². The van der Waals surface area contributed by atoms with Crippen LogP contribution in [0.3, 0.4) is 0 Å². The highest BCUT2D eigenvalue weighted by Crippen LogP contribution is 2.35. The Morgan fingerprint density at radius 2 is 2.05 bits per heavy atom. The number of benzene rings is 2. The lowest BCUT2D eigenvalue weighted by Gasteiger charge is -2.23. The molecule has 110 valence electrons. The van der Waals surface area contributed by atoms with E-state index in [1.165, 1.54) is 6.07 Å². The van der Waals surface area contributed by atoms with Crippen molar-refractivity contribution in [1.29, 1.82) is 0 Å². The van der Waals surface area contributed by atoms with Crippen LogP contribution in [0.15, 0.2) is 40.9 Å². The minimum Gasteiger partial charge on any atom is -0.489 e. The van der Waals surface area contributed by atoms with Gasteiger partial charge in [0, 0.05) is 5.56 Å². The molecule has 4 heteroatoms. The van der Waals surface area contributed by atoms with Crippen molar-refractivity contribution >= 4 is 15.9 Å². The van der Waals surface area contributed by atoms with Crippen LogP contribution < -0.4 is 4.74 Å². The molecule has 2 aromatic rings. The first-order valence-corrected chi connectivity index (χ1v) is 7.81. The summed E-state index contributed by atoms with van der Waals surface area (Å²) in [6.45, 7) is 0.297. The lowest BCUT2D eigenvalue weighted by atomic mass is 9.89. The van der Waals surface area contributed by atoms with Crippen LogP contribution in [0.25, 0.3) is 0 Å². The van der Waals surface area contributed by atoms with Gasteiger partial charge in [-0.1, -0.05) is 24.3 Å². The Hall–Kier alpha value is -1.39. The number of fused-ring (bicyclic) bond motifs is 1. The highest BCUT2D eigenvalue weighted by molar-refractivity contribution is 9.10. The lowest BCUT2D eigenvalue weighted by Crippen LogP contribution is -2.11. The van der Waals surface area contributed by atoms with Crippen LogP contribution in [0, 0.1) is 5.82 Å². The molecule has 1 unspecified atom stereocenters. The first-order chi connectivity index (χ1) is 10.2. The van der Waals surface area contributed by atoms with Gasteiger partial charge in [-0.25, -0.2) is 4.39 Å². The maximum atomic E-state index is 13.5. The van der Waals surface area contributed by atoms with E-state index in [1.54, 1.807) is 6.07 Å². The van der Waals surface area contributed by atoms with Crippen LogP contribution in [-0.2, 0) is 13.0 Å². The second-order valence-corrected chi connectivity index (χ2v) is 6.03. The Labute approximate surface area is 131 Å². The zero-order chi connectivity index (χ0) is 14.8. The van der Waals surface area contributed by atoms with E-state index in [1.807, 2.05) is 24.3 Å². The molecule has 2 nitrogen and oxygen atoms in total. The fourth-order valence-electron chi connectivity index (χ4n) is 2.74. The van der Waals surface area contributed by atoms with Crippen molar-refractivity contribution in [2.24, 2.45) is 0 Å². The van der Waals surface area contributed by atoms with E-state index >= 15 is 0 Å². The number of hydrogen-bond donors (Lipinski definition) is 1. The topological polar surface area (TPSA) is 29.5 Å². The molecule has 0 spiro atoms. The monoisotopic (exact) mass is 350 g/mol. The summed E-state index contributed by atoms with van der Waals surface area (Å²) >= 11 is 3.24. The van der Waals surface area contributed by atoms with Gasteiger partial charge >= 0.3 is 0 Å². The highest BCUT2D eigenvalue weighted by atomic mass is 79.9. The zero-order valence-electron chi connectivity index (χ0n) is 11.5. The summed E-state index contributed by atoms with van der Waals surface area (Å²) < 4.78 is 19.8. The molecule has 0 radical (unpaired) electrons. The van der Waals surface area contributed by atoms with Crippen LogP contribution in [0.5, 0.6) is 5.75 Å².